The van der Waals surface area contributed by atoms with E-state index in [0.717, 1.165) is 45.1 Å². The van der Waals surface area contributed by atoms with Crippen LogP contribution in [-0.2, 0) is 4.74 Å². The fraction of sp³-hybridized carbons (Fsp3) is 1.00. The molecule has 102 valence electrons. The van der Waals surface area contributed by atoms with Crippen LogP contribution in [0, 0.1) is 11.3 Å². The monoisotopic (exact) mass is 243 g/mol. The molecule has 1 unspecified atom stereocenters. The molecule has 1 aliphatic heterocycles. The first kappa shape index (κ1) is 14.9. The van der Waals surface area contributed by atoms with Crippen LogP contribution in [0.1, 0.15) is 39.5 Å². The van der Waals surface area contributed by atoms with Crippen LogP contribution < -0.4 is 0 Å². The van der Waals surface area contributed by atoms with E-state index < -0.39 is 0 Å². The quantitative estimate of drug-likeness (QED) is 0.709. The Morgan fingerprint density at radius 1 is 1.35 bits per heavy atom. The number of nitrogens with zero attached hydrogens (tertiary/aromatic N) is 1. The zero-order valence-electron chi connectivity index (χ0n) is 11.7. The first-order valence-corrected chi connectivity index (χ1v) is 7.03. The molecule has 1 rings (SSSR count). The summed E-state index contributed by atoms with van der Waals surface area (Å²) in [6.45, 7) is 8.67. The highest BCUT2D eigenvalue weighted by molar-refractivity contribution is 4.79. The molecule has 1 atom stereocenters. The molecular formula is C14H29NO2. The minimum Gasteiger partial charge on any atom is -0.396 e. The summed E-state index contributed by atoms with van der Waals surface area (Å²) in [5, 5.41) is 9.56. The van der Waals surface area contributed by atoms with Gasteiger partial charge in [0.15, 0.2) is 0 Å². The van der Waals surface area contributed by atoms with Gasteiger partial charge in [-0.05, 0) is 45.2 Å². The van der Waals surface area contributed by atoms with E-state index in [0.29, 0.717) is 6.61 Å². The molecule has 1 N–H and O–H groups in total. The molecule has 0 bridgehead atoms. The van der Waals surface area contributed by atoms with Crippen LogP contribution in [0.25, 0.3) is 0 Å². The summed E-state index contributed by atoms with van der Waals surface area (Å²) in [6, 6.07) is 0. The van der Waals surface area contributed by atoms with Gasteiger partial charge in [0.2, 0.25) is 0 Å². The largest absolute Gasteiger partial charge is 0.396 e. The van der Waals surface area contributed by atoms with Crippen LogP contribution in [-0.4, -0.2) is 50.0 Å². The minimum atomic E-state index is 0.0981. The smallest absolute Gasteiger partial charge is 0.0499 e. The number of aliphatic hydroxyl groups is 1. The van der Waals surface area contributed by atoms with Gasteiger partial charge in [0.1, 0.15) is 0 Å². The predicted octanol–water partition coefficient (Wildman–Crippen LogP) is 2.14. The highest BCUT2D eigenvalue weighted by atomic mass is 16.5. The molecule has 0 aromatic heterocycles. The lowest BCUT2D eigenvalue weighted by atomic mass is 9.82. The van der Waals surface area contributed by atoms with Crippen LogP contribution in [0.2, 0.25) is 0 Å². The predicted molar refractivity (Wildman–Crippen MR) is 71.1 cm³/mol. The number of rotatable bonds is 8. The van der Waals surface area contributed by atoms with Crippen molar-refractivity contribution >= 4 is 0 Å². The maximum Gasteiger partial charge on any atom is 0.0499 e. The van der Waals surface area contributed by atoms with Crippen LogP contribution >= 0.6 is 0 Å². The van der Waals surface area contributed by atoms with E-state index in [4.69, 9.17) is 4.74 Å². The third kappa shape index (κ3) is 4.57. The maximum atomic E-state index is 9.56. The van der Waals surface area contributed by atoms with E-state index in [1.807, 2.05) is 0 Å². The second-order valence-electron chi connectivity index (χ2n) is 5.62. The molecular weight excluding hydrogens is 214 g/mol. The Bertz CT molecular complexity index is 190. The van der Waals surface area contributed by atoms with E-state index in [-0.39, 0.29) is 5.41 Å². The maximum absolute atomic E-state index is 9.56. The summed E-state index contributed by atoms with van der Waals surface area (Å²) < 4.78 is 5.40. The van der Waals surface area contributed by atoms with Gasteiger partial charge in [-0.1, -0.05) is 13.8 Å². The van der Waals surface area contributed by atoms with Crippen LogP contribution in [0.4, 0.5) is 0 Å². The van der Waals surface area contributed by atoms with Crippen molar-refractivity contribution in [2.45, 2.75) is 39.5 Å². The summed E-state index contributed by atoms with van der Waals surface area (Å²) in [5.74, 6) is 0.754. The van der Waals surface area contributed by atoms with Crippen molar-refractivity contribution in [2.24, 2.45) is 11.3 Å². The molecule has 0 spiro atoms. The highest BCUT2D eigenvalue weighted by Crippen LogP contribution is 2.27. The van der Waals surface area contributed by atoms with Gasteiger partial charge < -0.3 is 14.7 Å². The molecule has 3 heteroatoms. The lowest BCUT2D eigenvalue weighted by molar-refractivity contribution is 0.0731. The summed E-state index contributed by atoms with van der Waals surface area (Å²) in [6.07, 6.45) is 4.56. The first-order valence-electron chi connectivity index (χ1n) is 7.03. The summed E-state index contributed by atoms with van der Waals surface area (Å²) in [7, 11) is 2.17. The molecule has 1 fully saturated rings. The Morgan fingerprint density at radius 3 is 2.53 bits per heavy atom. The molecule has 1 aliphatic rings. The highest BCUT2D eigenvalue weighted by Gasteiger charge is 2.27. The van der Waals surface area contributed by atoms with Gasteiger partial charge in [-0.15, -0.1) is 0 Å². The number of hydrogen-bond donors (Lipinski definition) is 1. The standard InChI is InChI=1S/C14H29NO2/c1-4-14(5-2,12-16)11-15(3)8-6-13-7-9-17-10-13/h13,16H,4-12H2,1-3H3. The van der Waals surface area contributed by atoms with Crippen LogP contribution in [0.3, 0.4) is 0 Å². The van der Waals surface area contributed by atoms with Gasteiger partial charge in [-0.2, -0.15) is 0 Å². The Morgan fingerprint density at radius 2 is 2.06 bits per heavy atom. The lowest BCUT2D eigenvalue weighted by Gasteiger charge is -2.34. The van der Waals surface area contributed by atoms with Gasteiger partial charge in [-0.3, -0.25) is 0 Å². The van der Waals surface area contributed by atoms with Gasteiger partial charge in [0.05, 0.1) is 0 Å². The zero-order valence-corrected chi connectivity index (χ0v) is 11.7. The van der Waals surface area contributed by atoms with Gasteiger partial charge >= 0.3 is 0 Å². The van der Waals surface area contributed by atoms with Crippen molar-refractivity contribution in [3.8, 4) is 0 Å². The topological polar surface area (TPSA) is 32.7 Å². The van der Waals surface area contributed by atoms with Crippen molar-refractivity contribution < 1.29 is 9.84 Å². The van der Waals surface area contributed by atoms with Gasteiger partial charge in [0.25, 0.3) is 0 Å². The van der Waals surface area contributed by atoms with E-state index in [1.165, 1.54) is 12.8 Å². The first-order chi connectivity index (χ1) is 8.15. The summed E-state index contributed by atoms with van der Waals surface area (Å²) in [5.41, 5.74) is 0.0981. The van der Waals surface area contributed by atoms with Crippen LogP contribution in [0.5, 0.6) is 0 Å². The van der Waals surface area contributed by atoms with E-state index in [9.17, 15) is 5.11 Å². The average molecular weight is 243 g/mol. The van der Waals surface area contributed by atoms with Crippen molar-refractivity contribution in [1.29, 1.82) is 0 Å². The summed E-state index contributed by atoms with van der Waals surface area (Å²) in [4.78, 5) is 2.38. The molecule has 0 aliphatic carbocycles. The van der Waals surface area contributed by atoms with Gasteiger partial charge in [0, 0.05) is 31.8 Å². The zero-order chi connectivity index (χ0) is 12.7. The van der Waals surface area contributed by atoms with Gasteiger partial charge in [-0.25, -0.2) is 0 Å². The molecule has 17 heavy (non-hydrogen) atoms. The Kier molecular flexibility index (Phi) is 6.45. The van der Waals surface area contributed by atoms with E-state index in [2.05, 4.69) is 25.8 Å². The summed E-state index contributed by atoms with van der Waals surface area (Å²) >= 11 is 0. The van der Waals surface area contributed by atoms with Crippen molar-refractivity contribution in [1.82, 2.24) is 4.90 Å². The van der Waals surface area contributed by atoms with E-state index >= 15 is 0 Å². The van der Waals surface area contributed by atoms with Crippen molar-refractivity contribution in [3.05, 3.63) is 0 Å². The molecule has 0 saturated carbocycles. The number of ether oxygens (including phenoxy) is 1. The minimum absolute atomic E-state index is 0.0981. The third-order valence-corrected chi connectivity index (χ3v) is 4.38. The third-order valence-electron chi connectivity index (χ3n) is 4.38. The number of hydrogen-bond acceptors (Lipinski definition) is 3. The Labute approximate surface area is 106 Å². The molecule has 0 radical (unpaired) electrons. The average Bonchev–Trinajstić information content (AvgIpc) is 2.87. The lowest BCUT2D eigenvalue weighted by Crippen LogP contribution is -2.38. The molecule has 0 amide bonds. The Balaban J connectivity index is 2.28. The Hall–Kier alpha value is -0.120. The van der Waals surface area contributed by atoms with Crippen LogP contribution in [0.15, 0.2) is 0 Å². The molecule has 1 saturated heterocycles. The SMILES string of the molecule is CCC(CC)(CO)CN(C)CCC1CCOC1. The molecule has 0 aromatic rings. The second kappa shape index (κ2) is 7.34. The number of aliphatic hydroxyl groups excluding tert-OH is 1. The van der Waals surface area contributed by atoms with Crippen molar-refractivity contribution in [3.63, 3.8) is 0 Å². The fourth-order valence-electron chi connectivity index (χ4n) is 2.61. The fourth-order valence-corrected chi connectivity index (χ4v) is 2.61. The second-order valence-corrected chi connectivity index (χ2v) is 5.62. The van der Waals surface area contributed by atoms with Crippen molar-refractivity contribution in [2.75, 3.05) is 40.0 Å². The van der Waals surface area contributed by atoms with E-state index in [1.54, 1.807) is 0 Å². The normalized spacial score (nSPS) is 21.4. The molecule has 3 nitrogen and oxygen atoms in total. The molecule has 1 heterocycles. The molecule has 0 aromatic carbocycles.